The van der Waals surface area contributed by atoms with E-state index in [0.717, 1.165) is 0 Å². The van der Waals surface area contributed by atoms with Gasteiger partial charge in [-0.1, -0.05) is 13.0 Å². The molecule has 0 aliphatic rings. The van der Waals surface area contributed by atoms with E-state index in [4.69, 9.17) is 5.11 Å². The second-order valence-electron chi connectivity index (χ2n) is 5.00. The third-order valence-corrected chi connectivity index (χ3v) is 3.14. The number of carbonyl (C=O) groups excluding carboxylic acids is 1. The Morgan fingerprint density at radius 3 is 2.67 bits per heavy atom. The molecule has 1 rings (SSSR count). The molecule has 1 aromatic rings. The summed E-state index contributed by atoms with van der Waals surface area (Å²) in [6.45, 7) is 3.87. The predicted octanol–water partition coefficient (Wildman–Crippen LogP) is 2.13. The molecule has 0 spiro atoms. The fourth-order valence-corrected chi connectivity index (χ4v) is 1.80. The van der Waals surface area contributed by atoms with Crippen LogP contribution in [0, 0.1) is 23.0 Å². The van der Waals surface area contributed by atoms with E-state index in [9.17, 15) is 19.7 Å². The van der Waals surface area contributed by atoms with Gasteiger partial charge in [-0.05, 0) is 24.8 Å². The number of carboxylic acid groups (broad SMARTS) is 1. The molecule has 21 heavy (non-hydrogen) atoms. The standard InChI is InChI=1S/C14H18N2O5/c1-9(3-6-13(17)18)8-15-14(19)12-7-11(16(20)21)5-4-10(12)2/h4-5,7,9H,3,6,8H2,1-2H3,(H,15,19)(H,17,18). The lowest BCUT2D eigenvalue weighted by Gasteiger charge is -2.12. The summed E-state index contributed by atoms with van der Waals surface area (Å²) in [5.74, 6) is -1.25. The van der Waals surface area contributed by atoms with Crippen LogP contribution in [0.4, 0.5) is 5.69 Å². The van der Waals surface area contributed by atoms with Crippen molar-refractivity contribution in [3.8, 4) is 0 Å². The molecule has 7 heteroatoms. The second kappa shape index (κ2) is 7.37. The van der Waals surface area contributed by atoms with Crippen LogP contribution in [-0.2, 0) is 4.79 Å². The highest BCUT2D eigenvalue weighted by Gasteiger charge is 2.15. The van der Waals surface area contributed by atoms with E-state index in [1.165, 1.54) is 18.2 Å². The van der Waals surface area contributed by atoms with Crippen LogP contribution in [0.15, 0.2) is 18.2 Å². The van der Waals surface area contributed by atoms with E-state index < -0.39 is 16.8 Å². The van der Waals surface area contributed by atoms with Crippen LogP contribution in [0.25, 0.3) is 0 Å². The molecule has 114 valence electrons. The number of nitrogens with zero attached hydrogens (tertiary/aromatic N) is 1. The molecule has 1 unspecified atom stereocenters. The number of hydrogen-bond acceptors (Lipinski definition) is 4. The zero-order valence-electron chi connectivity index (χ0n) is 12.0. The summed E-state index contributed by atoms with van der Waals surface area (Å²) in [5.41, 5.74) is 0.774. The molecule has 2 N–H and O–H groups in total. The normalized spacial score (nSPS) is 11.7. The molecular formula is C14H18N2O5. The van der Waals surface area contributed by atoms with Gasteiger partial charge in [0.15, 0.2) is 0 Å². The van der Waals surface area contributed by atoms with Crippen molar-refractivity contribution in [3.63, 3.8) is 0 Å². The van der Waals surface area contributed by atoms with Crippen LogP contribution in [0.1, 0.15) is 35.7 Å². The molecule has 0 aromatic heterocycles. The highest BCUT2D eigenvalue weighted by Crippen LogP contribution is 2.17. The quantitative estimate of drug-likeness (QED) is 0.591. The Morgan fingerprint density at radius 1 is 1.43 bits per heavy atom. The topological polar surface area (TPSA) is 110 Å². The molecule has 1 amide bonds. The number of amides is 1. The summed E-state index contributed by atoms with van der Waals surface area (Å²) < 4.78 is 0. The van der Waals surface area contributed by atoms with Gasteiger partial charge in [-0.25, -0.2) is 0 Å². The summed E-state index contributed by atoms with van der Waals surface area (Å²) in [5, 5.41) is 22.0. The molecule has 0 fully saturated rings. The van der Waals surface area contributed by atoms with Gasteiger partial charge in [-0.3, -0.25) is 19.7 Å². The highest BCUT2D eigenvalue weighted by molar-refractivity contribution is 5.96. The summed E-state index contributed by atoms with van der Waals surface area (Å²) in [6.07, 6.45) is 0.510. The van der Waals surface area contributed by atoms with E-state index in [1.54, 1.807) is 6.92 Å². The van der Waals surface area contributed by atoms with Crippen molar-refractivity contribution >= 4 is 17.6 Å². The van der Waals surface area contributed by atoms with Crippen molar-refractivity contribution in [2.45, 2.75) is 26.7 Å². The van der Waals surface area contributed by atoms with Gasteiger partial charge < -0.3 is 10.4 Å². The third kappa shape index (κ3) is 5.21. The number of nitro benzene ring substituents is 1. The molecule has 1 atom stereocenters. The van der Waals surface area contributed by atoms with E-state index in [0.29, 0.717) is 18.5 Å². The molecule has 7 nitrogen and oxygen atoms in total. The number of carboxylic acids is 1. The largest absolute Gasteiger partial charge is 0.481 e. The number of carbonyl (C=O) groups is 2. The van der Waals surface area contributed by atoms with Crippen LogP contribution in [-0.4, -0.2) is 28.5 Å². The number of nitro groups is 1. The first-order valence-electron chi connectivity index (χ1n) is 6.56. The Balaban J connectivity index is 2.65. The first-order chi connectivity index (χ1) is 9.81. The molecule has 0 heterocycles. The Kier molecular flexibility index (Phi) is 5.83. The highest BCUT2D eigenvalue weighted by atomic mass is 16.6. The lowest BCUT2D eigenvalue weighted by atomic mass is 10.0. The number of hydrogen-bond donors (Lipinski definition) is 2. The summed E-state index contributed by atoms with van der Waals surface area (Å²) in [4.78, 5) is 32.7. The van der Waals surface area contributed by atoms with Crippen LogP contribution < -0.4 is 5.32 Å². The second-order valence-corrected chi connectivity index (χ2v) is 5.00. The molecular weight excluding hydrogens is 276 g/mol. The first kappa shape index (κ1) is 16.6. The van der Waals surface area contributed by atoms with Gasteiger partial charge in [0, 0.05) is 30.7 Å². The maximum Gasteiger partial charge on any atom is 0.303 e. The summed E-state index contributed by atoms with van der Waals surface area (Å²) in [7, 11) is 0. The Morgan fingerprint density at radius 2 is 2.10 bits per heavy atom. The van der Waals surface area contributed by atoms with Crippen LogP contribution in [0.5, 0.6) is 0 Å². The zero-order chi connectivity index (χ0) is 16.0. The Bertz CT molecular complexity index is 556. The van der Waals surface area contributed by atoms with Crippen molar-refractivity contribution < 1.29 is 19.6 Å². The monoisotopic (exact) mass is 294 g/mol. The van der Waals surface area contributed by atoms with Gasteiger partial charge in [0.25, 0.3) is 11.6 Å². The molecule has 1 aromatic carbocycles. The summed E-state index contributed by atoms with van der Waals surface area (Å²) in [6, 6.07) is 4.12. The van der Waals surface area contributed by atoms with Crippen molar-refractivity contribution in [1.82, 2.24) is 5.32 Å². The van der Waals surface area contributed by atoms with Crippen molar-refractivity contribution in [3.05, 3.63) is 39.4 Å². The first-order valence-corrected chi connectivity index (χ1v) is 6.56. The maximum atomic E-state index is 12.0. The van der Waals surface area contributed by atoms with Crippen molar-refractivity contribution in [2.75, 3.05) is 6.54 Å². The average molecular weight is 294 g/mol. The Labute approximate surface area is 122 Å². The minimum absolute atomic E-state index is 0.0176. The van der Waals surface area contributed by atoms with Gasteiger partial charge in [-0.15, -0.1) is 0 Å². The number of non-ortho nitro benzene ring substituents is 1. The molecule has 0 aliphatic heterocycles. The van der Waals surface area contributed by atoms with Crippen LogP contribution >= 0.6 is 0 Å². The minimum atomic E-state index is -0.872. The molecule has 0 saturated carbocycles. The number of aliphatic carboxylic acids is 1. The number of rotatable bonds is 7. The number of nitrogens with one attached hydrogen (secondary N) is 1. The maximum absolute atomic E-state index is 12.0. The molecule has 0 radical (unpaired) electrons. The van der Waals surface area contributed by atoms with E-state index in [2.05, 4.69) is 5.32 Å². The smallest absolute Gasteiger partial charge is 0.303 e. The number of aryl methyl sites for hydroxylation is 1. The molecule has 0 saturated heterocycles. The lowest BCUT2D eigenvalue weighted by molar-refractivity contribution is -0.384. The van der Waals surface area contributed by atoms with Gasteiger partial charge in [0.1, 0.15) is 0 Å². The zero-order valence-corrected chi connectivity index (χ0v) is 12.0. The van der Waals surface area contributed by atoms with Crippen molar-refractivity contribution in [2.24, 2.45) is 5.92 Å². The fourth-order valence-electron chi connectivity index (χ4n) is 1.80. The van der Waals surface area contributed by atoms with Crippen LogP contribution in [0.2, 0.25) is 0 Å². The fraction of sp³-hybridized carbons (Fsp3) is 0.429. The Hall–Kier alpha value is -2.44. The predicted molar refractivity (Wildman–Crippen MR) is 76.2 cm³/mol. The lowest BCUT2D eigenvalue weighted by Crippen LogP contribution is -2.29. The van der Waals surface area contributed by atoms with Gasteiger partial charge in [0.2, 0.25) is 0 Å². The third-order valence-electron chi connectivity index (χ3n) is 3.14. The number of benzene rings is 1. The average Bonchev–Trinajstić information content (AvgIpc) is 2.42. The SMILES string of the molecule is Cc1ccc([N+](=O)[O-])cc1C(=O)NCC(C)CCC(=O)O. The summed E-state index contributed by atoms with van der Waals surface area (Å²) >= 11 is 0. The van der Waals surface area contributed by atoms with Crippen LogP contribution in [0.3, 0.4) is 0 Å². The van der Waals surface area contributed by atoms with E-state index >= 15 is 0 Å². The molecule has 0 aliphatic carbocycles. The van der Waals surface area contributed by atoms with Crippen molar-refractivity contribution in [1.29, 1.82) is 0 Å². The van der Waals surface area contributed by atoms with Gasteiger partial charge in [0.05, 0.1) is 4.92 Å². The van der Waals surface area contributed by atoms with E-state index in [1.807, 2.05) is 6.92 Å². The molecule has 0 bridgehead atoms. The van der Waals surface area contributed by atoms with Gasteiger partial charge in [-0.2, -0.15) is 0 Å². The van der Waals surface area contributed by atoms with Gasteiger partial charge >= 0.3 is 5.97 Å². The van der Waals surface area contributed by atoms with E-state index in [-0.39, 0.29) is 23.6 Å². The minimum Gasteiger partial charge on any atom is -0.481 e.